The van der Waals surface area contributed by atoms with Gasteiger partial charge in [0.05, 0.1) is 6.61 Å². The lowest BCUT2D eigenvalue weighted by Gasteiger charge is -2.39. The predicted molar refractivity (Wildman–Crippen MR) is 162 cm³/mol. The highest BCUT2D eigenvalue weighted by atomic mass is 35.5. The molecule has 0 radical (unpaired) electrons. The van der Waals surface area contributed by atoms with E-state index >= 15 is 0 Å². The van der Waals surface area contributed by atoms with E-state index in [0.29, 0.717) is 36.3 Å². The van der Waals surface area contributed by atoms with Crippen molar-refractivity contribution in [3.8, 4) is 5.75 Å². The number of nitrogens with one attached hydrogen (secondary N) is 1. The lowest BCUT2D eigenvalue weighted by molar-refractivity contribution is -0.122. The fraction of sp³-hybridized carbons (Fsp3) is 0.516. The van der Waals surface area contributed by atoms with Gasteiger partial charge < -0.3 is 9.64 Å². The van der Waals surface area contributed by atoms with Gasteiger partial charge in [0.1, 0.15) is 16.7 Å². The lowest BCUT2D eigenvalue weighted by Crippen LogP contribution is -2.43. The molecule has 1 aromatic heterocycles. The number of rotatable bonds is 11. The molecule has 1 saturated carbocycles. The van der Waals surface area contributed by atoms with E-state index in [1.54, 1.807) is 32.1 Å². The van der Waals surface area contributed by atoms with Gasteiger partial charge in [-0.3, -0.25) is 14.3 Å². The molecule has 1 aliphatic heterocycles. The topological polar surface area (TPSA) is 88.6 Å². The average Bonchev–Trinajstić information content (AvgIpc) is 3.09. The Balaban J connectivity index is 1.67. The molecule has 216 valence electrons. The van der Waals surface area contributed by atoms with Gasteiger partial charge in [0, 0.05) is 35.2 Å². The van der Waals surface area contributed by atoms with Crippen LogP contribution in [-0.4, -0.2) is 45.8 Å². The number of ether oxygens (including phenoxy) is 1. The quantitative estimate of drug-likeness (QED) is 0.324. The number of carbonyl (C=O) groups excluding carboxylic acids is 2. The van der Waals surface area contributed by atoms with E-state index in [2.05, 4.69) is 22.6 Å². The highest BCUT2D eigenvalue weighted by molar-refractivity contribution is 7.84. The van der Waals surface area contributed by atoms with Gasteiger partial charge in [-0.25, -0.2) is 9.19 Å². The largest absolute Gasteiger partial charge is 0.489 e. The molecule has 1 aromatic carbocycles. The first-order valence-corrected chi connectivity index (χ1v) is 15.9. The summed E-state index contributed by atoms with van der Waals surface area (Å²) in [6, 6.07) is 9.44. The van der Waals surface area contributed by atoms with Crippen LogP contribution in [0.2, 0.25) is 5.02 Å². The molecule has 2 aliphatic rings. The zero-order chi connectivity index (χ0) is 28.8. The maximum atomic E-state index is 12.9. The van der Waals surface area contributed by atoms with Crippen molar-refractivity contribution in [2.45, 2.75) is 71.0 Å². The highest BCUT2D eigenvalue weighted by Crippen LogP contribution is 2.40. The summed E-state index contributed by atoms with van der Waals surface area (Å²) in [6.45, 7) is 9.46. The molecule has 1 fully saturated rings. The third kappa shape index (κ3) is 7.13. The van der Waals surface area contributed by atoms with E-state index in [-0.39, 0.29) is 34.5 Å². The second-order valence-corrected chi connectivity index (χ2v) is 13.1. The van der Waals surface area contributed by atoms with Crippen LogP contribution in [0, 0.1) is 11.8 Å². The first-order valence-electron chi connectivity index (χ1n) is 14.3. The number of fused-ring (bicyclic) bond motifs is 1. The number of aryl methyl sites for hydroxylation is 1. The first-order chi connectivity index (χ1) is 19.2. The van der Waals surface area contributed by atoms with Crippen molar-refractivity contribution in [2.24, 2.45) is 11.8 Å². The van der Waals surface area contributed by atoms with Gasteiger partial charge in [0.2, 0.25) is 0 Å². The van der Waals surface area contributed by atoms with Crippen molar-refractivity contribution >= 4 is 40.1 Å². The molecule has 0 saturated heterocycles. The monoisotopic (exact) mass is 585 g/mol. The highest BCUT2D eigenvalue weighted by Gasteiger charge is 2.38. The number of hydrogen-bond acceptors (Lipinski definition) is 6. The summed E-state index contributed by atoms with van der Waals surface area (Å²) in [5.41, 5.74) is 2.59. The molecule has 1 aliphatic carbocycles. The third-order valence-electron chi connectivity index (χ3n) is 7.69. The first kappa shape index (κ1) is 30.3. The summed E-state index contributed by atoms with van der Waals surface area (Å²) in [4.78, 5) is 32.7. The van der Waals surface area contributed by atoms with Gasteiger partial charge in [0.15, 0.2) is 17.4 Å². The van der Waals surface area contributed by atoms with Crippen molar-refractivity contribution in [3.05, 3.63) is 64.3 Å². The summed E-state index contributed by atoms with van der Waals surface area (Å²) in [6.07, 6.45) is 8.23. The van der Waals surface area contributed by atoms with Gasteiger partial charge >= 0.3 is 0 Å². The Morgan fingerprint density at radius 1 is 1.23 bits per heavy atom. The molecule has 9 heteroatoms. The molecule has 1 N–H and O–H groups in total. The van der Waals surface area contributed by atoms with Gasteiger partial charge in [-0.1, -0.05) is 44.0 Å². The Labute approximate surface area is 245 Å². The van der Waals surface area contributed by atoms with Crippen LogP contribution in [0.1, 0.15) is 80.9 Å². The number of halogens is 1. The molecule has 1 amide bonds. The van der Waals surface area contributed by atoms with Gasteiger partial charge in [-0.15, -0.1) is 0 Å². The number of nitrogens with zero attached hydrogens (tertiary/aromatic N) is 2. The zero-order valence-electron chi connectivity index (χ0n) is 23.8. The Kier molecular flexibility index (Phi) is 10.4. The molecule has 0 spiro atoms. The van der Waals surface area contributed by atoms with Crippen LogP contribution < -0.4 is 14.4 Å². The number of benzene rings is 1. The van der Waals surface area contributed by atoms with Crippen molar-refractivity contribution in [2.75, 3.05) is 24.6 Å². The van der Waals surface area contributed by atoms with Gasteiger partial charge in [0.25, 0.3) is 5.91 Å². The normalized spacial score (nSPS) is 21.4. The van der Waals surface area contributed by atoms with Gasteiger partial charge in [-0.2, -0.15) is 0 Å². The number of aromatic nitrogens is 1. The Hall–Kier alpha value is -2.71. The van der Waals surface area contributed by atoms with Crippen LogP contribution in [0.5, 0.6) is 5.75 Å². The van der Waals surface area contributed by atoms with E-state index in [1.807, 2.05) is 25.1 Å². The minimum absolute atomic E-state index is 0.0139. The molecule has 2 heterocycles. The number of ketones is 1. The smallest absolute Gasteiger partial charge is 0.281 e. The fourth-order valence-corrected chi connectivity index (χ4v) is 6.09. The summed E-state index contributed by atoms with van der Waals surface area (Å²) in [7, 11) is -1.51. The Morgan fingerprint density at radius 3 is 2.70 bits per heavy atom. The average molecular weight is 586 g/mol. The van der Waals surface area contributed by atoms with E-state index in [0.717, 1.165) is 32.1 Å². The van der Waals surface area contributed by atoms with Gasteiger partial charge in [-0.05, 0) is 86.9 Å². The predicted octanol–water partition coefficient (Wildman–Crippen LogP) is 6.03. The van der Waals surface area contributed by atoms with Crippen LogP contribution in [0.15, 0.2) is 42.5 Å². The van der Waals surface area contributed by atoms with Crippen molar-refractivity contribution in [1.82, 2.24) is 9.71 Å². The van der Waals surface area contributed by atoms with E-state index in [9.17, 15) is 13.8 Å². The Bertz CT molecular complexity index is 1280. The minimum Gasteiger partial charge on any atom is -0.489 e. The number of anilines is 1. The molecule has 4 rings (SSSR count). The van der Waals surface area contributed by atoms with E-state index in [4.69, 9.17) is 21.3 Å². The number of allylic oxidation sites excluding steroid dienone is 2. The summed E-state index contributed by atoms with van der Waals surface area (Å²) < 4.78 is 21.1. The SMILES string of the molecule is CC/C=C/C(=O)C1CCC1CN1CC(c2ccc(Cl)cc2CCC)COc2ccc(C(=O)NS(=O)C(C)C)nc21. The number of hydrogen-bond donors (Lipinski definition) is 1. The van der Waals surface area contributed by atoms with Crippen LogP contribution in [0.25, 0.3) is 0 Å². The molecule has 4 atom stereocenters. The van der Waals surface area contributed by atoms with E-state index in [1.165, 1.54) is 11.1 Å². The number of carbonyl (C=O) groups is 2. The lowest BCUT2D eigenvalue weighted by atomic mass is 9.71. The molecule has 7 nitrogen and oxygen atoms in total. The minimum atomic E-state index is -1.51. The third-order valence-corrected chi connectivity index (χ3v) is 9.17. The van der Waals surface area contributed by atoms with Crippen molar-refractivity contribution in [1.29, 1.82) is 0 Å². The van der Waals surface area contributed by atoms with Crippen molar-refractivity contribution < 1.29 is 18.5 Å². The molecular weight excluding hydrogens is 546 g/mol. The molecule has 0 bridgehead atoms. The van der Waals surface area contributed by atoms with Crippen LogP contribution in [0.4, 0.5) is 5.82 Å². The standard InChI is InChI=1S/C31H40ClN3O4S/c1-5-7-9-28(36)26-12-10-22(26)17-35-18-23(25-13-11-24(32)16-21(25)8-6-2)19-39-29-15-14-27(33-30(29)35)31(37)34-40(38)20(3)4/h7,9,11,13-16,20,22-23,26H,5-6,8,10,12,17-19H2,1-4H3,(H,34,37)/b9-7+. The summed E-state index contributed by atoms with van der Waals surface area (Å²) in [5.74, 6) is 1.10. The fourth-order valence-electron chi connectivity index (χ4n) is 5.37. The van der Waals surface area contributed by atoms with Crippen molar-refractivity contribution in [3.63, 3.8) is 0 Å². The summed E-state index contributed by atoms with van der Waals surface area (Å²) in [5, 5.41) is 0.505. The van der Waals surface area contributed by atoms with Crippen LogP contribution in [0.3, 0.4) is 0 Å². The number of amides is 1. The molecule has 40 heavy (non-hydrogen) atoms. The second-order valence-electron chi connectivity index (χ2n) is 11.0. The van der Waals surface area contributed by atoms with Crippen LogP contribution >= 0.6 is 11.6 Å². The van der Waals surface area contributed by atoms with Crippen LogP contribution in [-0.2, 0) is 22.2 Å². The molecular formula is C31H40ClN3O4S. The molecule has 4 unspecified atom stereocenters. The maximum Gasteiger partial charge on any atom is 0.281 e. The molecule has 2 aromatic rings. The maximum absolute atomic E-state index is 12.9. The summed E-state index contributed by atoms with van der Waals surface area (Å²) >= 11 is 6.36. The van der Waals surface area contributed by atoms with E-state index < -0.39 is 16.9 Å². The Morgan fingerprint density at radius 2 is 2.02 bits per heavy atom. The zero-order valence-corrected chi connectivity index (χ0v) is 25.4. The number of pyridine rings is 1. The second kappa shape index (κ2) is 13.8.